The van der Waals surface area contributed by atoms with Crippen LogP contribution >= 0.6 is 0 Å². The lowest BCUT2D eigenvalue weighted by atomic mass is 10.1. The zero-order valence-corrected chi connectivity index (χ0v) is 28.9. The third-order valence-electron chi connectivity index (χ3n) is 8.78. The van der Waals surface area contributed by atoms with Gasteiger partial charge in [-0.15, -0.1) is 0 Å². The quantitative estimate of drug-likeness (QED) is 0.152. The Morgan fingerprint density at radius 2 is 1.34 bits per heavy atom. The summed E-state index contributed by atoms with van der Waals surface area (Å²) >= 11 is 0. The fourth-order valence-electron chi connectivity index (χ4n) is 6.38. The van der Waals surface area contributed by atoms with E-state index in [9.17, 15) is 14.4 Å². The third kappa shape index (κ3) is 7.06. The number of rotatable bonds is 10. The molecule has 0 bridgehead atoms. The number of carbonyl (C=O) groups excluding carboxylic acids is 2. The van der Waals surface area contributed by atoms with Crippen molar-refractivity contribution in [2.75, 3.05) is 11.9 Å². The summed E-state index contributed by atoms with van der Waals surface area (Å²) < 4.78 is 36.7. The summed E-state index contributed by atoms with van der Waals surface area (Å²) in [6.07, 6.45) is -4.66. The number of benzene rings is 4. The van der Waals surface area contributed by atoms with Gasteiger partial charge in [-0.05, 0) is 45.7 Å². The van der Waals surface area contributed by atoms with E-state index in [-0.39, 0.29) is 23.0 Å². The van der Waals surface area contributed by atoms with Crippen LogP contribution in [0.15, 0.2) is 138 Å². The molecule has 11 heteroatoms. The van der Waals surface area contributed by atoms with Crippen molar-refractivity contribution in [3.05, 3.63) is 155 Å². The number of hydrogen-bond acceptors (Lipinski definition) is 7. The second-order valence-electron chi connectivity index (χ2n) is 13.0. The normalized spacial score (nSPS) is 19.1. The van der Waals surface area contributed by atoms with Crippen LogP contribution in [0.1, 0.15) is 47.7 Å². The Morgan fingerprint density at radius 3 is 1.86 bits per heavy atom. The highest BCUT2D eigenvalue weighted by Gasteiger charge is 2.54. The number of hydrogen-bond donors (Lipinski definition) is 1. The molecule has 4 atom stereocenters. The SMILES string of the molecule is CC(C)(C)[Si](OCC1OC(n2ccc(NC(=O)c3ccccc3)nc2=O)C(F)C1OC(=O)c1ccccc1)(c1ccccc1)c1ccccc1. The summed E-state index contributed by atoms with van der Waals surface area (Å²) in [4.78, 5) is 43.2. The van der Waals surface area contributed by atoms with Gasteiger partial charge in [0, 0.05) is 11.8 Å². The monoisotopic (exact) mass is 691 g/mol. The molecule has 0 aliphatic carbocycles. The van der Waals surface area contributed by atoms with E-state index in [1.165, 1.54) is 12.3 Å². The van der Waals surface area contributed by atoms with Crippen LogP contribution in [0, 0.1) is 0 Å². The van der Waals surface area contributed by atoms with Gasteiger partial charge in [-0.3, -0.25) is 9.36 Å². The van der Waals surface area contributed by atoms with Crippen molar-refractivity contribution in [2.24, 2.45) is 0 Å². The number of halogens is 1. The lowest BCUT2D eigenvalue weighted by Gasteiger charge is -2.43. The summed E-state index contributed by atoms with van der Waals surface area (Å²) in [6, 6.07) is 38.0. The first-order chi connectivity index (χ1) is 24.1. The van der Waals surface area contributed by atoms with Crippen molar-refractivity contribution in [3.63, 3.8) is 0 Å². The van der Waals surface area contributed by atoms with Gasteiger partial charge in [0.25, 0.3) is 14.2 Å². The molecule has 50 heavy (non-hydrogen) atoms. The van der Waals surface area contributed by atoms with Gasteiger partial charge in [-0.1, -0.05) is 118 Å². The molecule has 0 spiro atoms. The van der Waals surface area contributed by atoms with Gasteiger partial charge in [-0.25, -0.2) is 14.0 Å². The van der Waals surface area contributed by atoms with Crippen LogP contribution in [0.5, 0.6) is 0 Å². The van der Waals surface area contributed by atoms with Crippen LogP contribution in [0.25, 0.3) is 0 Å². The van der Waals surface area contributed by atoms with Gasteiger partial charge in [0.1, 0.15) is 11.9 Å². The molecule has 9 nitrogen and oxygen atoms in total. The highest BCUT2D eigenvalue weighted by molar-refractivity contribution is 6.99. The molecule has 4 unspecified atom stereocenters. The molecule has 0 saturated carbocycles. The zero-order valence-electron chi connectivity index (χ0n) is 27.9. The molecule has 0 radical (unpaired) electrons. The summed E-state index contributed by atoms with van der Waals surface area (Å²) in [5.74, 6) is -1.20. The third-order valence-corrected chi connectivity index (χ3v) is 13.8. The molecule has 256 valence electrons. The second-order valence-corrected chi connectivity index (χ2v) is 17.3. The topological polar surface area (TPSA) is 109 Å². The van der Waals surface area contributed by atoms with Gasteiger partial charge >= 0.3 is 11.7 Å². The number of alkyl halides is 1. The van der Waals surface area contributed by atoms with Crippen LogP contribution in [-0.2, 0) is 13.9 Å². The lowest BCUT2D eigenvalue weighted by molar-refractivity contribution is -0.0504. The molecule has 1 fully saturated rings. The van der Waals surface area contributed by atoms with Crippen molar-refractivity contribution in [1.29, 1.82) is 0 Å². The molecule has 1 aliphatic rings. The van der Waals surface area contributed by atoms with Gasteiger partial charge in [0.15, 0.2) is 18.5 Å². The van der Waals surface area contributed by atoms with Crippen LogP contribution in [0.3, 0.4) is 0 Å². The standard InChI is InChI=1S/C39H38FN3O6Si/c1-39(2,3)50(29-20-12-6-13-21-29,30-22-14-7-15-23-30)47-26-31-34(49-37(45)28-18-10-5-11-19-28)33(40)36(48-31)43-25-24-32(42-38(43)46)41-35(44)27-16-8-4-9-17-27/h4-25,31,33-34,36H,26H2,1-3H3,(H,41,42,44,46). The highest BCUT2D eigenvalue weighted by atomic mass is 28.4. The van der Waals surface area contributed by atoms with E-state index in [1.54, 1.807) is 60.7 Å². The summed E-state index contributed by atoms with van der Waals surface area (Å²) in [6.45, 7) is 6.22. The van der Waals surface area contributed by atoms with Gasteiger partial charge in [0.05, 0.1) is 12.2 Å². The largest absolute Gasteiger partial charge is 0.453 e. The minimum absolute atomic E-state index is 0.00729. The Morgan fingerprint density at radius 1 is 0.820 bits per heavy atom. The van der Waals surface area contributed by atoms with E-state index in [2.05, 4.69) is 31.1 Å². The van der Waals surface area contributed by atoms with E-state index >= 15 is 4.39 Å². The zero-order chi connectivity index (χ0) is 35.3. The number of anilines is 1. The molecule has 6 rings (SSSR count). The molecular weight excluding hydrogens is 654 g/mol. The molecule has 1 aromatic heterocycles. The van der Waals surface area contributed by atoms with Gasteiger partial charge < -0.3 is 19.2 Å². The summed E-state index contributed by atoms with van der Waals surface area (Å²) in [5, 5.41) is 4.22. The number of carbonyl (C=O) groups is 2. The van der Waals surface area contributed by atoms with Gasteiger partial charge in [0.2, 0.25) is 0 Å². The number of aromatic nitrogens is 2. The smallest absolute Gasteiger partial charge is 0.351 e. The van der Waals surface area contributed by atoms with Crippen molar-refractivity contribution in [1.82, 2.24) is 9.55 Å². The van der Waals surface area contributed by atoms with Crippen molar-refractivity contribution in [2.45, 2.75) is 50.4 Å². The average Bonchev–Trinajstić information content (AvgIpc) is 3.43. The predicted octanol–water partition coefficient (Wildman–Crippen LogP) is 5.53. The minimum atomic E-state index is -3.10. The molecule has 1 saturated heterocycles. The molecular formula is C39H38FN3O6Si. The first kappa shape index (κ1) is 34.6. The fraction of sp³-hybridized carbons (Fsp3) is 0.231. The van der Waals surface area contributed by atoms with E-state index in [0.29, 0.717) is 5.56 Å². The predicted molar refractivity (Wildman–Crippen MR) is 191 cm³/mol. The van der Waals surface area contributed by atoms with Crippen molar-refractivity contribution in [3.8, 4) is 0 Å². The average molecular weight is 692 g/mol. The Kier molecular flexibility index (Phi) is 10.2. The number of ether oxygens (including phenoxy) is 2. The fourth-order valence-corrected chi connectivity index (χ4v) is 11.0. The number of nitrogens with zero attached hydrogens (tertiary/aromatic N) is 2. The van der Waals surface area contributed by atoms with E-state index in [0.717, 1.165) is 14.9 Å². The second kappa shape index (κ2) is 14.7. The maximum atomic E-state index is 16.6. The Hall–Kier alpha value is -5.23. The Balaban J connectivity index is 1.32. The molecule has 4 aromatic carbocycles. The minimum Gasteiger partial charge on any atom is -0.453 e. The molecule has 1 aliphatic heterocycles. The van der Waals surface area contributed by atoms with Crippen LogP contribution < -0.4 is 21.4 Å². The Bertz CT molecular complexity index is 1930. The summed E-state index contributed by atoms with van der Waals surface area (Å²) in [5.41, 5.74) is -0.231. The maximum absolute atomic E-state index is 16.6. The lowest BCUT2D eigenvalue weighted by Crippen LogP contribution is -2.67. The summed E-state index contributed by atoms with van der Waals surface area (Å²) in [7, 11) is -3.10. The molecule has 1 amide bonds. The Labute approximate surface area is 290 Å². The van der Waals surface area contributed by atoms with E-state index < -0.39 is 50.5 Å². The molecule has 5 aromatic rings. The van der Waals surface area contributed by atoms with Crippen molar-refractivity contribution >= 4 is 36.4 Å². The first-order valence-corrected chi connectivity index (χ1v) is 18.3. The first-order valence-electron chi connectivity index (χ1n) is 16.3. The van der Waals surface area contributed by atoms with Crippen LogP contribution in [0.2, 0.25) is 5.04 Å². The van der Waals surface area contributed by atoms with Gasteiger partial charge in [-0.2, -0.15) is 4.98 Å². The number of amides is 1. The highest BCUT2D eigenvalue weighted by Crippen LogP contribution is 2.39. The van der Waals surface area contributed by atoms with Crippen LogP contribution in [-0.4, -0.2) is 54.7 Å². The maximum Gasteiger partial charge on any atom is 0.351 e. The number of esters is 1. The molecule has 1 N–H and O–H groups in total. The molecule has 2 heterocycles. The van der Waals surface area contributed by atoms with E-state index in [1.807, 2.05) is 60.7 Å². The van der Waals surface area contributed by atoms with E-state index in [4.69, 9.17) is 13.9 Å². The van der Waals surface area contributed by atoms with Crippen molar-refractivity contribution < 1.29 is 27.9 Å². The van der Waals surface area contributed by atoms with Crippen LogP contribution in [0.4, 0.5) is 10.2 Å². The number of nitrogens with one attached hydrogen (secondary N) is 1.